The van der Waals surface area contributed by atoms with Crippen molar-refractivity contribution in [1.82, 2.24) is 19.5 Å². The minimum absolute atomic E-state index is 0.137. The zero-order chi connectivity index (χ0) is 13.6. The number of hydrogen-bond acceptors (Lipinski definition) is 4. The van der Waals surface area contributed by atoms with Crippen LogP contribution in [0.2, 0.25) is 0 Å². The molecule has 2 heterocycles. The van der Waals surface area contributed by atoms with E-state index in [1.807, 2.05) is 0 Å². The molecule has 2 atom stereocenters. The second-order valence-corrected chi connectivity index (χ2v) is 4.79. The summed E-state index contributed by atoms with van der Waals surface area (Å²) < 4.78 is 28.8. The number of aromatic amines is 1. The molecule has 8 heteroatoms. The van der Waals surface area contributed by atoms with E-state index in [0.29, 0.717) is 5.65 Å². The second kappa shape index (κ2) is 4.09. The van der Waals surface area contributed by atoms with Gasteiger partial charge in [-0.3, -0.25) is 4.79 Å². The van der Waals surface area contributed by atoms with E-state index in [1.54, 1.807) is 0 Å². The van der Waals surface area contributed by atoms with Gasteiger partial charge in [0.1, 0.15) is 0 Å². The van der Waals surface area contributed by atoms with Crippen molar-refractivity contribution < 1.29 is 13.9 Å². The molecule has 102 valence electrons. The van der Waals surface area contributed by atoms with Crippen molar-refractivity contribution in [3.8, 4) is 0 Å². The predicted molar refractivity (Wildman–Crippen MR) is 61.9 cm³/mol. The minimum Gasteiger partial charge on any atom is -0.396 e. The maximum atomic E-state index is 13.6. The molecular weight excluding hydrogens is 258 g/mol. The van der Waals surface area contributed by atoms with Crippen LogP contribution in [0.25, 0.3) is 11.2 Å². The number of nitrogens with zero attached hydrogens (tertiary/aromatic N) is 3. The number of H-pyrrole nitrogens is 1. The summed E-state index contributed by atoms with van der Waals surface area (Å²) in [6.45, 7) is -0.551. The summed E-state index contributed by atoms with van der Waals surface area (Å²) in [5.74, 6) is -3.96. The first-order valence-electron chi connectivity index (χ1n) is 5.92. The largest absolute Gasteiger partial charge is 0.396 e. The van der Waals surface area contributed by atoms with E-state index in [0.717, 1.165) is 0 Å². The highest BCUT2D eigenvalue weighted by molar-refractivity contribution is 5.68. The Morgan fingerprint density at radius 1 is 1.53 bits per heavy atom. The topological polar surface area (TPSA) is 83.8 Å². The Balaban J connectivity index is 2.03. The van der Waals surface area contributed by atoms with Crippen LogP contribution in [0.4, 0.5) is 8.78 Å². The second-order valence-electron chi connectivity index (χ2n) is 4.79. The first-order chi connectivity index (χ1) is 9.03. The fourth-order valence-electron chi connectivity index (χ4n) is 2.62. The average Bonchev–Trinajstić information content (AvgIpc) is 2.90. The molecule has 0 saturated heterocycles. The molecule has 1 fully saturated rings. The lowest BCUT2D eigenvalue weighted by Crippen LogP contribution is -2.24. The maximum absolute atomic E-state index is 13.6. The molecule has 0 aliphatic heterocycles. The third-order valence-electron chi connectivity index (χ3n) is 3.64. The number of hydrogen-bond donors (Lipinski definition) is 2. The van der Waals surface area contributed by atoms with Crippen molar-refractivity contribution in [1.29, 1.82) is 0 Å². The Hall–Kier alpha value is -1.83. The number of alkyl halides is 2. The van der Waals surface area contributed by atoms with Crippen LogP contribution in [-0.2, 0) is 0 Å². The van der Waals surface area contributed by atoms with Gasteiger partial charge in [0, 0.05) is 18.4 Å². The summed E-state index contributed by atoms with van der Waals surface area (Å²) in [4.78, 5) is 21.8. The first-order valence-corrected chi connectivity index (χ1v) is 5.92. The standard InChI is InChI=1S/C11H12F2N4O2/c12-11(13)2-7(1-6(11)3-18)17-5-16-8-9(17)14-4-15-10(8)19/h4-7,18H,1-3H2,(H,14,15,19)/t6-,7-/m0/s1. The van der Waals surface area contributed by atoms with Crippen LogP contribution < -0.4 is 5.56 Å². The predicted octanol–water partition coefficient (Wildman–Crippen LogP) is 0.698. The summed E-state index contributed by atoms with van der Waals surface area (Å²) in [5, 5.41) is 9.00. The highest BCUT2D eigenvalue weighted by Gasteiger charge is 2.49. The van der Waals surface area contributed by atoms with E-state index in [1.165, 1.54) is 17.2 Å². The van der Waals surface area contributed by atoms with Gasteiger partial charge in [-0.25, -0.2) is 18.7 Å². The number of rotatable bonds is 2. The number of nitrogens with one attached hydrogen (secondary N) is 1. The minimum atomic E-state index is -2.91. The monoisotopic (exact) mass is 270 g/mol. The van der Waals surface area contributed by atoms with Gasteiger partial charge in [-0.1, -0.05) is 0 Å². The van der Waals surface area contributed by atoms with Gasteiger partial charge in [0.15, 0.2) is 11.2 Å². The molecule has 0 unspecified atom stereocenters. The summed E-state index contributed by atoms with van der Waals surface area (Å²) in [7, 11) is 0. The SMILES string of the molecule is O=c1[nH]cnc2c1ncn2[C@H]1C[C@@H](CO)C(F)(F)C1. The quantitative estimate of drug-likeness (QED) is 0.841. The van der Waals surface area contributed by atoms with Crippen LogP contribution in [0.1, 0.15) is 18.9 Å². The third kappa shape index (κ3) is 1.83. The zero-order valence-electron chi connectivity index (χ0n) is 9.88. The summed E-state index contributed by atoms with van der Waals surface area (Å²) in [6.07, 6.45) is 2.34. The molecule has 1 aliphatic rings. The van der Waals surface area contributed by atoms with E-state index < -0.39 is 30.0 Å². The number of halogens is 2. The molecule has 0 amide bonds. The maximum Gasteiger partial charge on any atom is 0.278 e. The van der Waals surface area contributed by atoms with Gasteiger partial charge in [-0.15, -0.1) is 0 Å². The normalized spacial score (nSPS) is 26.1. The fourth-order valence-corrected chi connectivity index (χ4v) is 2.62. The lowest BCUT2D eigenvalue weighted by Gasteiger charge is -2.14. The summed E-state index contributed by atoms with van der Waals surface area (Å²) in [5.41, 5.74) is 0.0358. The van der Waals surface area contributed by atoms with Crippen molar-refractivity contribution in [3.05, 3.63) is 23.0 Å². The van der Waals surface area contributed by atoms with E-state index in [9.17, 15) is 13.6 Å². The van der Waals surface area contributed by atoms with Gasteiger partial charge in [0.25, 0.3) is 11.5 Å². The van der Waals surface area contributed by atoms with E-state index in [4.69, 9.17) is 5.11 Å². The van der Waals surface area contributed by atoms with Gasteiger partial charge in [0.05, 0.1) is 19.3 Å². The van der Waals surface area contributed by atoms with Crippen LogP contribution in [0.3, 0.4) is 0 Å². The van der Waals surface area contributed by atoms with Gasteiger partial charge in [-0.05, 0) is 6.42 Å². The van der Waals surface area contributed by atoms with Gasteiger partial charge < -0.3 is 14.7 Å². The highest BCUT2D eigenvalue weighted by atomic mass is 19.3. The number of aliphatic hydroxyl groups excluding tert-OH is 1. The Morgan fingerprint density at radius 3 is 3.00 bits per heavy atom. The van der Waals surface area contributed by atoms with E-state index in [-0.39, 0.29) is 18.4 Å². The number of aliphatic hydroxyl groups is 1. The van der Waals surface area contributed by atoms with Crippen molar-refractivity contribution in [2.75, 3.05) is 6.61 Å². The fraction of sp³-hybridized carbons (Fsp3) is 0.545. The molecule has 19 heavy (non-hydrogen) atoms. The van der Waals surface area contributed by atoms with Crippen LogP contribution in [0, 0.1) is 5.92 Å². The molecule has 0 bridgehead atoms. The van der Waals surface area contributed by atoms with Crippen molar-refractivity contribution in [2.45, 2.75) is 24.8 Å². The molecule has 6 nitrogen and oxygen atoms in total. The average molecular weight is 270 g/mol. The Kier molecular flexibility index (Phi) is 2.63. The highest BCUT2D eigenvalue weighted by Crippen LogP contribution is 2.46. The van der Waals surface area contributed by atoms with Crippen molar-refractivity contribution >= 4 is 11.2 Å². The molecule has 0 spiro atoms. The zero-order valence-corrected chi connectivity index (χ0v) is 9.88. The molecule has 0 aromatic carbocycles. The van der Waals surface area contributed by atoms with Crippen LogP contribution >= 0.6 is 0 Å². The number of aromatic nitrogens is 4. The van der Waals surface area contributed by atoms with Crippen molar-refractivity contribution in [3.63, 3.8) is 0 Å². The Bertz CT molecular complexity index is 666. The smallest absolute Gasteiger partial charge is 0.278 e. The third-order valence-corrected chi connectivity index (χ3v) is 3.64. The van der Waals surface area contributed by atoms with Gasteiger partial charge >= 0.3 is 0 Å². The molecule has 3 rings (SSSR count). The number of imidazole rings is 1. The summed E-state index contributed by atoms with van der Waals surface area (Å²) >= 11 is 0. The number of fused-ring (bicyclic) bond motifs is 1. The molecule has 2 aromatic heterocycles. The van der Waals surface area contributed by atoms with Gasteiger partial charge in [0.2, 0.25) is 0 Å². The molecular formula is C11H12F2N4O2. The van der Waals surface area contributed by atoms with E-state index >= 15 is 0 Å². The summed E-state index contributed by atoms with van der Waals surface area (Å²) in [6, 6.07) is -0.508. The lowest BCUT2D eigenvalue weighted by atomic mass is 10.1. The van der Waals surface area contributed by atoms with Crippen LogP contribution in [-0.4, -0.2) is 37.2 Å². The van der Waals surface area contributed by atoms with Crippen molar-refractivity contribution in [2.24, 2.45) is 5.92 Å². The van der Waals surface area contributed by atoms with Crippen LogP contribution in [0.15, 0.2) is 17.4 Å². The molecule has 0 radical (unpaired) electrons. The van der Waals surface area contributed by atoms with Crippen LogP contribution in [0.5, 0.6) is 0 Å². The Morgan fingerprint density at radius 2 is 2.32 bits per heavy atom. The molecule has 1 aliphatic carbocycles. The van der Waals surface area contributed by atoms with Gasteiger partial charge in [-0.2, -0.15) is 0 Å². The molecule has 2 N–H and O–H groups in total. The first kappa shape index (κ1) is 12.2. The molecule has 2 aromatic rings. The lowest BCUT2D eigenvalue weighted by molar-refractivity contribution is -0.0551. The molecule has 1 saturated carbocycles. The van der Waals surface area contributed by atoms with E-state index in [2.05, 4.69) is 15.0 Å². The Labute approximate surface area is 106 Å².